The van der Waals surface area contributed by atoms with Gasteiger partial charge in [0, 0.05) is 0 Å². The number of imidazole rings is 1. The molecule has 0 saturated carbocycles. The van der Waals surface area contributed by atoms with Crippen LogP contribution in [0.15, 0.2) is 24.3 Å². The molecule has 0 amide bonds. The summed E-state index contributed by atoms with van der Waals surface area (Å²) >= 11 is 4.55. The molecule has 0 fully saturated rings. The van der Waals surface area contributed by atoms with Crippen LogP contribution in [0, 0.1) is 0 Å². The fourth-order valence-electron chi connectivity index (χ4n) is 1.37. The van der Waals surface area contributed by atoms with E-state index in [1.165, 1.54) is 0 Å². The number of nitrogens with two attached hydrogens (primary N) is 1. The second-order valence-electron chi connectivity index (χ2n) is 3.43. The Hall–Kier alpha value is -1.67. The van der Waals surface area contributed by atoms with Gasteiger partial charge in [0.05, 0.1) is 16.0 Å². The fraction of sp³-hybridized carbons (Fsp3) is 0.111. The molecule has 0 unspecified atom stereocenters. The second kappa shape index (κ2) is 4.30. The molecule has 6 nitrogen and oxygen atoms in total. The van der Waals surface area contributed by atoms with Gasteiger partial charge in [0.15, 0.2) is 0 Å². The molecule has 0 spiro atoms. The Labute approximate surface area is 103 Å². The molecule has 0 radical (unpaired) electrons. The quantitative estimate of drug-likeness (QED) is 0.706. The fourth-order valence-corrected chi connectivity index (χ4v) is 2.68. The van der Waals surface area contributed by atoms with Gasteiger partial charge < -0.3 is 10.7 Å². The number of aromatic amines is 1. The molecule has 1 aromatic heterocycles. The van der Waals surface area contributed by atoms with E-state index < -0.39 is 15.8 Å². The van der Waals surface area contributed by atoms with E-state index in [0.29, 0.717) is 5.52 Å². The Morgan fingerprint density at radius 1 is 1.47 bits per heavy atom. The third-order valence-electron chi connectivity index (χ3n) is 1.97. The number of rotatable bonds is 4. The molecule has 0 aliphatic carbocycles. The van der Waals surface area contributed by atoms with Gasteiger partial charge >= 0.3 is 0 Å². The molecule has 2 rings (SSSR count). The number of nitrogens with one attached hydrogen (secondary N) is 2. The van der Waals surface area contributed by atoms with E-state index in [1.54, 1.807) is 12.1 Å². The van der Waals surface area contributed by atoms with Crippen molar-refractivity contribution in [2.75, 3.05) is 10.5 Å². The van der Waals surface area contributed by atoms with Crippen molar-refractivity contribution in [2.24, 2.45) is 5.73 Å². The van der Waals surface area contributed by atoms with E-state index in [4.69, 9.17) is 5.73 Å². The topological polar surface area (TPSA) is 101 Å². The maximum Gasteiger partial charge on any atom is 0.241 e. The number of hydrogen-bond donors (Lipinski definition) is 3. The summed E-state index contributed by atoms with van der Waals surface area (Å²) in [5.41, 5.74) is 6.62. The van der Waals surface area contributed by atoms with Crippen molar-refractivity contribution in [3.63, 3.8) is 0 Å². The van der Waals surface area contributed by atoms with Crippen molar-refractivity contribution in [1.29, 1.82) is 0 Å². The average molecular weight is 270 g/mol. The molecule has 0 bridgehead atoms. The highest BCUT2D eigenvalue weighted by atomic mass is 32.2. The minimum absolute atomic E-state index is 0.0892. The molecule has 0 atom stereocenters. The largest absolute Gasteiger partial charge is 0.392 e. The number of nitrogens with zero attached hydrogens (tertiary/aromatic N) is 1. The highest BCUT2D eigenvalue weighted by Gasteiger charge is 2.14. The molecule has 2 aromatic rings. The third kappa shape index (κ3) is 2.92. The van der Waals surface area contributed by atoms with E-state index in [2.05, 4.69) is 26.9 Å². The van der Waals surface area contributed by atoms with Crippen molar-refractivity contribution >= 4 is 44.2 Å². The Balaban J connectivity index is 2.27. The molecule has 1 heterocycles. The summed E-state index contributed by atoms with van der Waals surface area (Å²) in [4.78, 5) is 6.83. The average Bonchev–Trinajstić information content (AvgIpc) is 2.55. The lowest BCUT2D eigenvalue weighted by Gasteiger charge is -2.02. The zero-order valence-electron chi connectivity index (χ0n) is 8.67. The van der Waals surface area contributed by atoms with Crippen LogP contribution in [-0.4, -0.2) is 29.1 Å². The maximum absolute atomic E-state index is 11.5. The summed E-state index contributed by atoms with van der Waals surface area (Å²) < 4.78 is 25.4. The lowest BCUT2D eigenvalue weighted by atomic mass is 10.3. The molecule has 1 aromatic carbocycles. The van der Waals surface area contributed by atoms with Crippen molar-refractivity contribution in [2.45, 2.75) is 0 Å². The predicted octanol–water partition coefficient (Wildman–Crippen LogP) is 0.591. The molecule has 0 aliphatic rings. The Morgan fingerprint density at radius 2 is 2.18 bits per heavy atom. The van der Waals surface area contributed by atoms with E-state index in [1.807, 2.05) is 12.1 Å². The van der Waals surface area contributed by atoms with Gasteiger partial charge in [-0.1, -0.05) is 24.4 Å². The number of aromatic nitrogens is 2. The first-order valence-corrected chi connectivity index (χ1v) is 6.76. The van der Waals surface area contributed by atoms with Gasteiger partial charge in [-0.2, -0.15) is 0 Å². The normalized spacial score (nSPS) is 11.5. The molecule has 0 saturated heterocycles. The first-order chi connectivity index (χ1) is 7.96. The van der Waals surface area contributed by atoms with Crippen molar-refractivity contribution in [1.82, 2.24) is 9.97 Å². The summed E-state index contributed by atoms with van der Waals surface area (Å²) in [5.74, 6) is -0.248. The van der Waals surface area contributed by atoms with Gasteiger partial charge in [-0.3, -0.25) is 4.72 Å². The molecule has 4 N–H and O–H groups in total. The van der Waals surface area contributed by atoms with Crippen LogP contribution < -0.4 is 10.5 Å². The second-order valence-corrected chi connectivity index (χ2v) is 5.68. The predicted molar refractivity (Wildman–Crippen MR) is 70.3 cm³/mol. The molecule has 17 heavy (non-hydrogen) atoms. The van der Waals surface area contributed by atoms with E-state index in [-0.39, 0.29) is 10.9 Å². The van der Waals surface area contributed by atoms with Gasteiger partial charge in [-0.05, 0) is 12.1 Å². The van der Waals surface area contributed by atoms with Crippen LogP contribution in [0.3, 0.4) is 0 Å². The molecular weight excluding hydrogens is 260 g/mol. The summed E-state index contributed by atoms with van der Waals surface area (Å²) in [6.45, 7) is 0. The minimum Gasteiger partial charge on any atom is -0.392 e. The summed E-state index contributed by atoms with van der Waals surface area (Å²) in [6.07, 6.45) is 0. The van der Waals surface area contributed by atoms with Crippen molar-refractivity contribution < 1.29 is 8.42 Å². The Morgan fingerprint density at radius 3 is 2.82 bits per heavy atom. The van der Waals surface area contributed by atoms with Crippen LogP contribution in [0.1, 0.15) is 0 Å². The number of H-pyrrole nitrogens is 1. The van der Waals surface area contributed by atoms with E-state index in [9.17, 15) is 8.42 Å². The van der Waals surface area contributed by atoms with Crippen LogP contribution >= 0.6 is 12.2 Å². The van der Waals surface area contributed by atoms with Gasteiger partial charge in [0.25, 0.3) is 0 Å². The summed E-state index contributed by atoms with van der Waals surface area (Å²) in [6, 6.07) is 7.22. The number of sulfonamides is 1. The van der Waals surface area contributed by atoms with E-state index in [0.717, 1.165) is 5.52 Å². The molecular formula is C9H10N4O2S2. The highest BCUT2D eigenvalue weighted by molar-refractivity contribution is 7.95. The number of thiocarbonyl (C=S) groups is 1. The smallest absolute Gasteiger partial charge is 0.241 e. The third-order valence-corrected chi connectivity index (χ3v) is 3.50. The van der Waals surface area contributed by atoms with Crippen LogP contribution in [0.25, 0.3) is 11.0 Å². The minimum atomic E-state index is -3.59. The van der Waals surface area contributed by atoms with Crippen LogP contribution in [0.2, 0.25) is 0 Å². The highest BCUT2D eigenvalue weighted by Crippen LogP contribution is 2.14. The van der Waals surface area contributed by atoms with Gasteiger partial charge in [-0.15, -0.1) is 0 Å². The van der Waals surface area contributed by atoms with Crippen molar-refractivity contribution in [3.05, 3.63) is 24.3 Å². The molecule has 8 heteroatoms. The van der Waals surface area contributed by atoms with Gasteiger partial charge in [0.1, 0.15) is 5.75 Å². The Bertz CT molecular complexity index is 629. The lowest BCUT2D eigenvalue weighted by molar-refractivity contribution is 0.604. The van der Waals surface area contributed by atoms with Gasteiger partial charge in [-0.25, -0.2) is 13.4 Å². The SMILES string of the molecule is NC(=S)CS(=O)(=O)Nc1nc2ccccc2[nH]1. The zero-order valence-corrected chi connectivity index (χ0v) is 10.3. The number of benzene rings is 1. The first-order valence-electron chi connectivity index (χ1n) is 4.70. The molecule has 90 valence electrons. The first kappa shape index (κ1) is 11.8. The maximum atomic E-state index is 11.5. The lowest BCUT2D eigenvalue weighted by Crippen LogP contribution is -2.26. The number of fused-ring (bicyclic) bond motifs is 1. The zero-order chi connectivity index (χ0) is 12.5. The van der Waals surface area contributed by atoms with Crippen LogP contribution in [0.4, 0.5) is 5.95 Å². The summed E-state index contributed by atoms with van der Waals surface area (Å²) in [5, 5.41) is 0. The summed E-state index contributed by atoms with van der Waals surface area (Å²) in [7, 11) is -3.59. The van der Waals surface area contributed by atoms with E-state index >= 15 is 0 Å². The number of para-hydroxylation sites is 2. The Kier molecular flexibility index (Phi) is 2.99. The van der Waals surface area contributed by atoms with Crippen LogP contribution in [0.5, 0.6) is 0 Å². The standard InChI is InChI=1S/C9H10N4O2S2/c10-8(16)5-17(14,15)13-9-11-6-3-1-2-4-7(6)12-9/h1-4H,5H2,(H2,10,16)(H2,11,12,13). The number of hydrogen-bond acceptors (Lipinski definition) is 4. The monoisotopic (exact) mass is 270 g/mol. The van der Waals surface area contributed by atoms with Crippen molar-refractivity contribution in [3.8, 4) is 0 Å². The number of anilines is 1. The molecule has 0 aliphatic heterocycles. The van der Waals surface area contributed by atoms with Gasteiger partial charge in [0.2, 0.25) is 16.0 Å². The van der Waals surface area contributed by atoms with Crippen LogP contribution in [-0.2, 0) is 10.0 Å².